The average molecular weight is 324 g/mol. The molecule has 1 amide bonds. The molecule has 4 heteroatoms. The molecule has 0 fully saturated rings. The fraction of sp³-hybridized carbons (Fsp3) is 0.350. The number of benzene rings is 2. The van der Waals surface area contributed by atoms with Crippen molar-refractivity contribution in [3.63, 3.8) is 0 Å². The van der Waals surface area contributed by atoms with E-state index < -0.39 is 0 Å². The second-order valence-electron chi connectivity index (χ2n) is 6.61. The Hall–Kier alpha value is -2.49. The van der Waals surface area contributed by atoms with E-state index in [0.29, 0.717) is 11.5 Å². The maximum atomic E-state index is 12.5. The van der Waals surface area contributed by atoms with Crippen LogP contribution in [0.4, 0.5) is 5.69 Å². The lowest BCUT2D eigenvalue weighted by molar-refractivity contribution is 0.0735. The van der Waals surface area contributed by atoms with E-state index in [2.05, 4.69) is 19.2 Å². The number of anilines is 1. The summed E-state index contributed by atoms with van der Waals surface area (Å²) in [6, 6.07) is 15.6. The van der Waals surface area contributed by atoms with Crippen molar-refractivity contribution in [1.82, 2.24) is 4.90 Å². The molecule has 4 nitrogen and oxygen atoms in total. The van der Waals surface area contributed by atoms with Gasteiger partial charge in [0.2, 0.25) is 0 Å². The van der Waals surface area contributed by atoms with E-state index in [1.807, 2.05) is 55.6 Å². The van der Waals surface area contributed by atoms with Gasteiger partial charge in [-0.1, -0.05) is 38.1 Å². The Morgan fingerprint density at radius 2 is 1.83 bits per heavy atom. The molecule has 126 valence electrons. The molecule has 0 radical (unpaired) electrons. The van der Waals surface area contributed by atoms with Gasteiger partial charge in [-0.2, -0.15) is 0 Å². The zero-order valence-electron chi connectivity index (χ0n) is 14.5. The van der Waals surface area contributed by atoms with Crippen LogP contribution in [0.3, 0.4) is 0 Å². The predicted octanol–water partition coefficient (Wildman–Crippen LogP) is 4.31. The van der Waals surface area contributed by atoms with Crippen molar-refractivity contribution in [2.45, 2.75) is 26.4 Å². The lowest BCUT2D eigenvalue weighted by atomic mass is 10.0. The summed E-state index contributed by atoms with van der Waals surface area (Å²) in [5.41, 5.74) is 2.63. The number of rotatable bonds is 5. The van der Waals surface area contributed by atoms with Gasteiger partial charge < -0.3 is 15.0 Å². The smallest absolute Gasteiger partial charge is 0.257 e. The Balaban J connectivity index is 1.74. The molecule has 3 rings (SSSR count). The van der Waals surface area contributed by atoms with Crippen LogP contribution in [0.25, 0.3) is 0 Å². The number of hydrogen-bond acceptors (Lipinski definition) is 3. The number of carbonyl (C=O) groups excluding carboxylic acids is 1. The van der Waals surface area contributed by atoms with E-state index in [9.17, 15) is 4.79 Å². The standard InChI is InChI=1S/C20H24N2O2/c1-14(2)12-13-24-16-10-8-15(9-11-16)19-21-18-7-5-4-6-17(18)20(23)22(19)3/h4-11,14,19,21H,12-13H2,1-3H3. The summed E-state index contributed by atoms with van der Waals surface area (Å²) < 4.78 is 5.76. The van der Waals surface area contributed by atoms with Crippen LogP contribution in [-0.4, -0.2) is 24.5 Å². The van der Waals surface area contributed by atoms with Gasteiger partial charge in [-0.3, -0.25) is 4.79 Å². The third-order valence-electron chi connectivity index (χ3n) is 4.32. The van der Waals surface area contributed by atoms with Crippen molar-refractivity contribution in [3.05, 3.63) is 59.7 Å². The molecular weight excluding hydrogens is 300 g/mol. The van der Waals surface area contributed by atoms with Gasteiger partial charge in [0.15, 0.2) is 0 Å². The molecule has 1 atom stereocenters. The molecule has 0 saturated carbocycles. The van der Waals surface area contributed by atoms with E-state index in [0.717, 1.165) is 30.0 Å². The molecule has 1 aliphatic heterocycles. The highest BCUT2D eigenvalue weighted by molar-refractivity contribution is 6.01. The Kier molecular flexibility index (Phi) is 4.74. The van der Waals surface area contributed by atoms with Crippen molar-refractivity contribution in [3.8, 4) is 5.75 Å². The molecule has 2 aromatic rings. The van der Waals surface area contributed by atoms with Crippen LogP contribution in [0.5, 0.6) is 5.75 Å². The minimum absolute atomic E-state index is 0.0339. The number of hydrogen-bond donors (Lipinski definition) is 1. The van der Waals surface area contributed by atoms with Gasteiger partial charge in [0.1, 0.15) is 11.9 Å². The first-order chi connectivity index (χ1) is 11.6. The molecule has 0 aliphatic carbocycles. The highest BCUT2D eigenvalue weighted by Gasteiger charge is 2.29. The third-order valence-corrected chi connectivity index (χ3v) is 4.32. The quantitative estimate of drug-likeness (QED) is 0.891. The van der Waals surface area contributed by atoms with Crippen LogP contribution in [0.2, 0.25) is 0 Å². The fourth-order valence-electron chi connectivity index (χ4n) is 2.81. The molecule has 1 unspecified atom stereocenters. The largest absolute Gasteiger partial charge is 0.494 e. The summed E-state index contributed by atoms with van der Waals surface area (Å²) in [6.45, 7) is 5.10. The fourth-order valence-corrected chi connectivity index (χ4v) is 2.81. The second-order valence-corrected chi connectivity index (χ2v) is 6.61. The van der Waals surface area contributed by atoms with Crippen molar-refractivity contribution >= 4 is 11.6 Å². The molecule has 1 N–H and O–H groups in total. The van der Waals surface area contributed by atoms with E-state index in [1.54, 1.807) is 4.90 Å². The number of amides is 1. The van der Waals surface area contributed by atoms with E-state index in [-0.39, 0.29) is 12.1 Å². The van der Waals surface area contributed by atoms with Crippen LogP contribution < -0.4 is 10.1 Å². The van der Waals surface area contributed by atoms with Gasteiger partial charge in [0.25, 0.3) is 5.91 Å². The topological polar surface area (TPSA) is 41.6 Å². The molecule has 1 heterocycles. The number of ether oxygens (including phenoxy) is 1. The predicted molar refractivity (Wildman–Crippen MR) is 96.3 cm³/mol. The van der Waals surface area contributed by atoms with E-state index in [1.165, 1.54) is 0 Å². The van der Waals surface area contributed by atoms with Gasteiger partial charge in [-0.05, 0) is 42.2 Å². The average Bonchev–Trinajstić information content (AvgIpc) is 2.58. The van der Waals surface area contributed by atoms with Crippen molar-refractivity contribution in [1.29, 1.82) is 0 Å². The van der Waals surface area contributed by atoms with Crippen LogP contribution in [0, 0.1) is 5.92 Å². The number of para-hydroxylation sites is 1. The van der Waals surface area contributed by atoms with E-state index >= 15 is 0 Å². The maximum Gasteiger partial charge on any atom is 0.257 e. The third kappa shape index (κ3) is 3.37. The molecule has 24 heavy (non-hydrogen) atoms. The molecule has 0 bridgehead atoms. The van der Waals surface area contributed by atoms with Crippen LogP contribution in [0.1, 0.15) is 42.4 Å². The molecule has 1 aliphatic rings. The second kappa shape index (κ2) is 6.95. The summed E-state index contributed by atoms with van der Waals surface area (Å²) in [5, 5.41) is 3.44. The lowest BCUT2D eigenvalue weighted by Gasteiger charge is -2.35. The Labute approximate surface area is 143 Å². The van der Waals surface area contributed by atoms with Crippen LogP contribution in [-0.2, 0) is 0 Å². The first-order valence-electron chi connectivity index (χ1n) is 8.41. The Morgan fingerprint density at radius 1 is 1.12 bits per heavy atom. The summed E-state index contributed by atoms with van der Waals surface area (Å²) >= 11 is 0. The number of nitrogens with zero attached hydrogens (tertiary/aromatic N) is 1. The highest BCUT2D eigenvalue weighted by atomic mass is 16.5. The Bertz CT molecular complexity index is 710. The van der Waals surface area contributed by atoms with Crippen molar-refractivity contribution < 1.29 is 9.53 Å². The summed E-state index contributed by atoms with van der Waals surface area (Å²) in [4.78, 5) is 14.3. The first kappa shape index (κ1) is 16.4. The van der Waals surface area contributed by atoms with Crippen LogP contribution >= 0.6 is 0 Å². The van der Waals surface area contributed by atoms with Gasteiger partial charge in [0, 0.05) is 12.7 Å². The Morgan fingerprint density at radius 3 is 2.54 bits per heavy atom. The molecule has 0 spiro atoms. The maximum absolute atomic E-state index is 12.5. The highest BCUT2D eigenvalue weighted by Crippen LogP contribution is 2.32. The van der Waals surface area contributed by atoms with Gasteiger partial charge in [-0.15, -0.1) is 0 Å². The minimum Gasteiger partial charge on any atom is -0.494 e. The zero-order chi connectivity index (χ0) is 17.1. The van der Waals surface area contributed by atoms with Gasteiger partial charge in [0.05, 0.1) is 12.2 Å². The summed E-state index contributed by atoms with van der Waals surface area (Å²) in [6.07, 6.45) is 0.872. The zero-order valence-corrected chi connectivity index (χ0v) is 14.5. The molecule has 2 aromatic carbocycles. The monoisotopic (exact) mass is 324 g/mol. The first-order valence-corrected chi connectivity index (χ1v) is 8.41. The molecule has 0 saturated heterocycles. The lowest BCUT2D eigenvalue weighted by Crippen LogP contribution is -2.40. The SMILES string of the molecule is CC(C)CCOc1ccc(C2Nc3ccccc3C(=O)N2C)cc1. The molecule has 0 aromatic heterocycles. The summed E-state index contributed by atoms with van der Waals surface area (Å²) in [7, 11) is 1.82. The summed E-state index contributed by atoms with van der Waals surface area (Å²) in [5.74, 6) is 1.53. The normalized spacial score (nSPS) is 16.8. The van der Waals surface area contributed by atoms with Crippen molar-refractivity contribution in [2.75, 3.05) is 19.0 Å². The molecular formula is C20H24N2O2. The van der Waals surface area contributed by atoms with Gasteiger partial charge in [-0.25, -0.2) is 0 Å². The van der Waals surface area contributed by atoms with E-state index in [4.69, 9.17) is 4.74 Å². The van der Waals surface area contributed by atoms with Crippen molar-refractivity contribution in [2.24, 2.45) is 5.92 Å². The van der Waals surface area contributed by atoms with Crippen LogP contribution in [0.15, 0.2) is 48.5 Å². The van der Waals surface area contributed by atoms with Gasteiger partial charge >= 0.3 is 0 Å². The minimum atomic E-state index is -0.169. The number of carbonyl (C=O) groups is 1. The number of nitrogens with one attached hydrogen (secondary N) is 1. The number of fused-ring (bicyclic) bond motifs is 1.